The van der Waals surface area contributed by atoms with Gasteiger partial charge in [-0.2, -0.15) is 0 Å². The van der Waals surface area contributed by atoms with Crippen molar-refractivity contribution in [2.24, 2.45) is 0 Å². The Hall–Kier alpha value is -1.52. The zero-order chi connectivity index (χ0) is 14.3. The molecule has 1 aromatic heterocycles. The Balaban J connectivity index is 2.94. The molecule has 0 aromatic carbocycles. The Morgan fingerprint density at radius 3 is 2.42 bits per heavy atom. The van der Waals surface area contributed by atoms with E-state index in [1.54, 1.807) is 13.4 Å². The predicted octanol–water partition coefficient (Wildman–Crippen LogP) is 3.30. The molecule has 0 aliphatic heterocycles. The van der Waals surface area contributed by atoms with E-state index in [0.29, 0.717) is 5.75 Å². The first-order valence-corrected chi connectivity index (χ1v) is 6.95. The SMILES string of the molecule is CCCNc1ncnc(NC(C)(C)CCC)c1OC. The van der Waals surface area contributed by atoms with Crippen molar-refractivity contribution < 1.29 is 4.74 Å². The summed E-state index contributed by atoms with van der Waals surface area (Å²) in [6, 6.07) is 0. The molecule has 0 unspecified atom stereocenters. The summed E-state index contributed by atoms with van der Waals surface area (Å²) in [5.74, 6) is 2.17. The Bertz CT molecular complexity index is 393. The summed E-state index contributed by atoms with van der Waals surface area (Å²) in [5.41, 5.74) is -0.0155. The monoisotopic (exact) mass is 266 g/mol. The smallest absolute Gasteiger partial charge is 0.204 e. The summed E-state index contributed by atoms with van der Waals surface area (Å²) < 4.78 is 5.45. The zero-order valence-electron chi connectivity index (χ0n) is 12.7. The molecular weight excluding hydrogens is 240 g/mol. The Kier molecular flexibility index (Phi) is 5.86. The number of nitrogens with one attached hydrogen (secondary N) is 2. The molecule has 0 saturated carbocycles. The average molecular weight is 266 g/mol. The minimum atomic E-state index is -0.0155. The van der Waals surface area contributed by atoms with Gasteiger partial charge in [0.2, 0.25) is 5.75 Å². The van der Waals surface area contributed by atoms with E-state index in [0.717, 1.165) is 37.4 Å². The number of hydrogen-bond acceptors (Lipinski definition) is 5. The molecule has 0 fully saturated rings. The van der Waals surface area contributed by atoms with Gasteiger partial charge >= 0.3 is 0 Å². The van der Waals surface area contributed by atoms with Crippen molar-refractivity contribution in [3.05, 3.63) is 6.33 Å². The van der Waals surface area contributed by atoms with Crippen LogP contribution in [0.4, 0.5) is 11.6 Å². The van der Waals surface area contributed by atoms with Crippen LogP contribution in [0.3, 0.4) is 0 Å². The molecule has 5 heteroatoms. The van der Waals surface area contributed by atoms with Crippen LogP contribution in [0.5, 0.6) is 5.75 Å². The van der Waals surface area contributed by atoms with Crippen molar-refractivity contribution in [3.8, 4) is 5.75 Å². The summed E-state index contributed by atoms with van der Waals surface area (Å²) in [7, 11) is 1.65. The Morgan fingerprint density at radius 2 is 1.84 bits per heavy atom. The molecule has 0 aliphatic rings. The van der Waals surface area contributed by atoms with E-state index in [4.69, 9.17) is 4.74 Å². The van der Waals surface area contributed by atoms with Crippen LogP contribution < -0.4 is 15.4 Å². The van der Waals surface area contributed by atoms with Gasteiger partial charge in [-0.25, -0.2) is 9.97 Å². The second-order valence-corrected chi connectivity index (χ2v) is 5.29. The molecule has 1 aromatic rings. The van der Waals surface area contributed by atoms with Crippen LogP contribution in [0, 0.1) is 0 Å². The molecule has 108 valence electrons. The highest BCUT2D eigenvalue weighted by Gasteiger charge is 2.20. The standard InChI is InChI=1S/C14H26N4O/c1-6-8-14(3,4)18-13-11(19-5)12(15-9-7-2)16-10-17-13/h10H,6-9H2,1-5H3,(H2,15,16,17,18). The van der Waals surface area contributed by atoms with E-state index in [1.807, 2.05) is 0 Å². The van der Waals surface area contributed by atoms with Gasteiger partial charge in [0, 0.05) is 12.1 Å². The first-order valence-electron chi connectivity index (χ1n) is 6.95. The maximum atomic E-state index is 5.45. The maximum Gasteiger partial charge on any atom is 0.204 e. The van der Waals surface area contributed by atoms with Crippen LogP contribution in [0.1, 0.15) is 47.0 Å². The highest BCUT2D eigenvalue weighted by Crippen LogP contribution is 2.31. The first-order chi connectivity index (χ1) is 9.04. The van der Waals surface area contributed by atoms with Gasteiger partial charge in [0.05, 0.1) is 7.11 Å². The van der Waals surface area contributed by atoms with E-state index in [9.17, 15) is 0 Å². The Morgan fingerprint density at radius 1 is 1.16 bits per heavy atom. The molecule has 1 rings (SSSR count). The molecule has 2 N–H and O–H groups in total. The van der Waals surface area contributed by atoms with Crippen LogP contribution in [-0.4, -0.2) is 29.2 Å². The molecule has 0 aliphatic carbocycles. The number of nitrogens with zero attached hydrogens (tertiary/aromatic N) is 2. The third kappa shape index (κ3) is 4.58. The van der Waals surface area contributed by atoms with Crippen molar-refractivity contribution in [3.63, 3.8) is 0 Å². The highest BCUT2D eigenvalue weighted by molar-refractivity contribution is 5.64. The van der Waals surface area contributed by atoms with Crippen LogP contribution in [0.15, 0.2) is 6.33 Å². The zero-order valence-corrected chi connectivity index (χ0v) is 12.7. The van der Waals surface area contributed by atoms with Gasteiger partial charge in [0.1, 0.15) is 6.33 Å². The third-order valence-corrected chi connectivity index (χ3v) is 2.88. The van der Waals surface area contributed by atoms with Crippen LogP contribution >= 0.6 is 0 Å². The van der Waals surface area contributed by atoms with E-state index >= 15 is 0 Å². The molecule has 5 nitrogen and oxygen atoms in total. The van der Waals surface area contributed by atoms with Gasteiger partial charge in [0.15, 0.2) is 11.6 Å². The fourth-order valence-corrected chi connectivity index (χ4v) is 2.03. The fraction of sp³-hybridized carbons (Fsp3) is 0.714. The number of aromatic nitrogens is 2. The van der Waals surface area contributed by atoms with Crippen molar-refractivity contribution >= 4 is 11.6 Å². The van der Waals surface area contributed by atoms with Gasteiger partial charge in [-0.3, -0.25) is 0 Å². The largest absolute Gasteiger partial charge is 0.490 e. The molecule has 0 saturated heterocycles. The summed E-state index contributed by atoms with van der Waals surface area (Å²) >= 11 is 0. The summed E-state index contributed by atoms with van der Waals surface area (Å²) in [6.45, 7) is 9.48. The van der Waals surface area contributed by atoms with Gasteiger partial charge in [-0.1, -0.05) is 20.3 Å². The number of methoxy groups -OCH3 is 1. The van der Waals surface area contributed by atoms with Gasteiger partial charge < -0.3 is 15.4 Å². The Labute approximate surface area is 116 Å². The quantitative estimate of drug-likeness (QED) is 0.756. The minimum absolute atomic E-state index is 0.0155. The summed E-state index contributed by atoms with van der Waals surface area (Å²) in [4.78, 5) is 8.53. The lowest BCUT2D eigenvalue weighted by Crippen LogP contribution is -2.31. The molecular formula is C14H26N4O. The minimum Gasteiger partial charge on any atom is -0.490 e. The molecule has 0 bridgehead atoms. The molecule has 0 atom stereocenters. The predicted molar refractivity (Wildman–Crippen MR) is 80.0 cm³/mol. The molecule has 0 amide bonds. The van der Waals surface area contributed by atoms with Crippen molar-refractivity contribution in [1.82, 2.24) is 9.97 Å². The molecule has 0 radical (unpaired) electrons. The third-order valence-electron chi connectivity index (χ3n) is 2.88. The van der Waals surface area contributed by atoms with E-state index in [1.165, 1.54) is 0 Å². The lowest BCUT2D eigenvalue weighted by Gasteiger charge is -2.27. The number of ether oxygens (including phenoxy) is 1. The first kappa shape index (κ1) is 15.5. The van der Waals surface area contributed by atoms with E-state index < -0.39 is 0 Å². The molecule has 1 heterocycles. The second-order valence-electron chi connectivity index (χ2n) is 5.29. The second kappa shape index (κ2) is 7.16. The van der Waals surface area contributed by atoms with Crippen LogP contribution in [0.25, 0.3) is 0 Å². The topological polar surface area (TPSA) is 59.1 Å². The normalized spacial score (nSPS) is 11.2. The van der Waals surface area contributed by atoms with Gasteiger partial charge in [-0.05, 0) is 26.7 Å². The van der Waals surface area contributed by atoms with Crippen molar-refractivity contribution in [2.45, 2.75) is 52.5 Å². The lowest BCUT2D eigenvalue weighted by atomic mass is 9.99. The highest BCUT2D eigenvalue weighted by atomic mass is 16.5. The summed E-state index contributed by atoms with van der Waals surface area (Å²) in [5, 5.41) is 6.70. The van der Waals surface area contributed by atoms with Crippen LogP contribution in [0.2, 0.25) is 0 Å². The van der Waals surface area contributed by atoms with E-state index in [2.05, 4.69) is 48.3 Å². The molecule has 0 spiro atoms. The fourth-order valence-electron chi connectivity index (χ4n) is 2.03. The number of hydrogen-bond donors (Lipinski definition) is 2. The number of anilines is 2. The average Bonchev–Trinajstić information content (AvgIpc) is 2.35. The van der Waals surface area contributed by atoms with Crippen molar-refractivity contribution in [1.29, 1.82) is 0 Å². The summed E-state index contributed by atoms with van der Waals surface area (Å²) in [6.07, 6.45) is 4.79. The maximum absolute atomic E-state index is 5.45. The van der Waals surface area contributed by atoms with E-state index in [-0.39, 0.29) is 5.54 Å². The van der Waals surface area contributed by atoms with Crippen molar-refractivity contribution in [2.75, 3.05) is 24.3 Å². The number of rotatable bonds is 8. The van der Waals surface area contributed by atoms with Crippen LogP contribution in [-0.2, 0) is 0 Å². The van der Waals surface area contributed by atoms with Gasteiger partial charge in [0.25, 0.3) is 0 Å². The lowest BCUT2D eigenvalue weighted by molar-refractivity contribution is 0.411. The molecule has 19 heavy (non-hydrogen) atoms. The van der Waals surface area contributed by atoms with Gasteiger partial charge in [-0.15, -0.1) is 0 Å².